The van der Waals surface area contributed by atoms with E-state index in [-0.39, 0.29) is 5.91 Å². The van der Waals surface area contributed by atoms with E-state index in [2.05, 4.69) is 15.0 Å². The van der Waals surface area contributed by atoms with Crippen molar-refractivity contribution in [3.63, 3.8) is 0 Å². The number of carbonyl (C=O) groups excluding carboxylic acids is 1. The van der Waals surface area contributed by atoms with Crippen LogP contribution >= 0.6 is 0 Å². The monoisotopic (exact) mass is 202 g/mol. The average Bonchev–Trinajstić information content (AvgIpc) is 2.80. The minimum absolute atomic E-state index is 0.105. The smallest absolute Gasteiger partial charge is 0.252 e. The molecule has 1 aliphatic rings. The quantitative estimate of drug-likeness (QED) is 0.721. The highest BCUT2D eigenvalue weighted by Gasteiger charge is 2.07. The molecular formula is C10H10N4O. The van der Waals surface area contributed by atoms with Crippen molar-refractivity contribution in [2.75, 3.05) is 6.67 Å². The average molecular weight is 202 g/mol. The minimum Gasteiger partial charge on any atom is -0.351 e. The van der Waals surface area contributed by atoms with Gasteiger partial charge in [-0.1, -0.05) is 0 Å². The highest BCUT2D eigenvalue weighted by molar-refractivity contribution is 5.93. The van der Waals surface area contributed by atoms with Crippen molar-refractivity contribution in [2.24, 2.45) is 4.99 Å². The molecule has 5 nitrogen and oxygen atoms in total. The normalized spacial score (nSPS) is 15.1. The summed E-state index contributed by atoms with van der Waals surface area (Å²) in [4.78, 5) is 23.8. The van der Waals surface area contributed by atoms with Crippen LogP contribution in [0.2, 0.25) is 0 Å². The van der Waals surface area contributed by atoms with Crippen molar-refractivity contribution in [3.8, 4) is 0 Å². The topological polar surface area (TPSA) is 61.4 Å². The standard InChI is InChI=1S/C10H10N4O/c15-10(14-5-1-4-11-8-14)3-2-9-6-12-7-13-9/h1-7H,8H2,(H,12,13)/b3-2+. The second kappa shape index (κ2) is 4.36. The number of H-pyrrole nitrogens is 1. The number of hydrogen-bond acceptors (Lipinski definition) is 3. The molecule has 0 aromatic carbocycles. The van der Waals surface area contributed by atoms with Crippen LogP contribution in [-0.2, 0) is 4.79 Å². The molecule has 1 aromatic rings. The predicted octanol–water partition coefficient (Wildman–Crippen LogP) is 0.807. The van der Waals surface area contributed by atoms with Crippen LogP contribution in [0.5, 0.6) is 0 Å². The summed E-state index contributed by atoms with van der Waals surface area (Å²) in [7, 11) is 0. The highest BCUT2D eigenvalue weighted by atomic mass is 16.2. The molecule has 15 heavy (non-hydrogen) atoms. The number of nitrogens with zero attached hydrogens (tertiary/aromatic N) is 3. The summed E-state index contributed by atoms with van der Waals surface area (Å²) in [6.45, 7) is 0.375. The van der Waals surface area contributed by atoms with E-state index in [1.165, 1.54) is 11.0 Å². The number of carbonyl (C=O) groups is 1. The van der Waals surface area contributed by atoms with Crippen LogP contribution in [0.3, 0.4) is 0 Å². The van der Waals surface area contributed by atoms with Crippen molar-refractivity contribution in [3.05, 3.63) is 36.6 Å². The Labute approximate surface area is 86.8 Å². The Hall–Kier alpha value is -2.17. The summed E-state index contributed by atoms with van der Waals surface area (Å²) in [6, 6.07) is 0. The van der Waals surface area contributed by atoms with Crippen molar-refractivity contribution >= 4 is 18.2 Å². The zero-order valence-electron chi connectivity index (χ0n) is 8.00. The fraction of sp³-hybridized carbons (Fsp3) is 0.100. The van der Waals surface area contributed by atoms with E-state index < -0.39 is 0 Å². The van der Waals surface area contributed by atoms with Gasteiger partial charge in [0, 0.05) is 24.7 Å². The van der Waals surface area contributed by atoms with Gasteiger partial charge >= 0.3 is 0 Å². The van der Waals surface area contributed by atoms with Gasteiger partial charge in [0.2, 0.25) is 0 Å². The molecule has 2 heterocycles. The van der Waals surface area contributed by atoms with Gasteiger partial charge < -0.3 is 4.98 Å². The van der Waals surface area contributed by atoms with Crippen LogP contribution in [0.25, 0.3) is 6.08 Å². The van der Waals surface area contributed by atoms with Gasteiger partial charge in [-0.2, -0.15) is 0 Å². The number of aromatic amines is 1. The molecule has 76 valence electrons. The molecule has 0 atom stereocenters. The predicted molar refractivity (Wildman–Crippen MR) is 57.0 cm³/mol. The Morgan fingerprint density at radius 3 is 3.20 bits per heavy atom. The Kier molecular flexibility index (Phi) is 2.73. The second-order valence-electron chi connectivity index (χ2n) is 2.95. The molecule has 1 aromatic heterocycles. The fourth-order valence-electron chi connectivity index (χ4n) is 1.14. The van der Waals surface area contributed by atoms with Gasteiger partial charge in [-0.15, -0.1) is 0 Å². The van der Waals surface area contributed by atoms with E-state index in [1.807, 2.05) is 0 Å². The van der Waals surface area contributed by atoms with E-state index in [9.17, 15) is 4.79 Å². The number of amides is 1. The Balaban J connectivity index is 1.98. The van der Waals surface area contributed by atoms with E-state index in [4.69, 9.17) is 0 Å². The van der Waals surface area contributed by atoms with Gasteiger partial charge in [0.05, 0.1) is 12.0 Å². The third-order valence-corrected chi connectivity index (χ3v) is 1.89. The molecular weight excluding hydrogens is 192 g/mol. The van der Waals surface area contributed by atoms with Crippen molar-refractivity contribution < 1.29 is 4.79 Å². The number of rotatable bonds is 2. The molecule has 2 rings (SSSR count). The molecule has 0 aliphatic carbocycles. The van der Waals surface area contributed by atoms with Crippen LogP contribution in [0, 0.1) is 0 Å². The maximum absolute atomic E-state index is 11.6. The number of aromatic nitrogens is 2. The fourth-order valence-corrected chi connectivity index (χ4v) is 1.14. The van der Waals surface area contributed by atoms with E-state index in [0.717, 1.165) is 5.69 Å². The van der Waals surface area contributed by atoms with Crippen molar-refractivity contribution in [2.45, 2.75) is 0 Å². The summed E-state index contributed by atoms with van der Waals surface area (Å²) < 4.78 is 0. The Morgan fingerprint density at radius 1 is 1.60 bits per heavy atom. The minimum atomic E-state index is -0.105. The maximum atomic E-state index is 11.6. The zero-order chi connectivity index (χ0) is 10.5. The molecule has 0 bridgehead atoms. The molecule has 1 aliphatic heterocycles. The van der Waals surface area contributed by atoms with Gasteiger partial charge in [-0.25, -0.2) is 4.98 Å². The number of nitrogens with one attached hydrogen (secondary N) is 1. The van der Waals surface area contributed by atoms with Gasteiger partial charge in [0.15, 0.2) is 0 Å². The molecule has 0 saturated heterocycles. The third kappa shape index (κ3) is 2.40. The molecule has 0 saturated carbocycles. The molecule has 0 radical (unpaired) electrons. The number of aliphatic imine (C=N–C) groups is 1. The summed E-state index contributed by atoms with van der Waals surface area (Å²) in [5, 5.41) is 0. The lowest BCUT2D eigenvalue weighted by atomic mass is 10.3. The lowest BCUT2D eigenvalue weighted by Crippen LogP contribution is -2.25. The van der Waals surface area contributed by atoms with Crippen LogP contribution in [0.1, 0.15) is 5.69 Å². The van der Waals surface area contributed by atoms with Crippen molar-refractivity contribution in [1.82, 2.24) is 14.9 Å². The summed E-state index contributed by atoms with van der Waals surface area (Å²) in [5.41, 5.74) is 0.729. The second-order valence-corrected chi connectivity index (χ2v) is 2.95. The molecule has 0 fully saturated rings. The van der Waals surface area contributed by atoms with Crippen LogP contribution < -0.4 is 0 Å². The SMILES string of the molecule is O=C(/C=C/c1c[nH]cn1)N1C=CC=NC1. The lowest BCUT2D eigenvalue weighted by Gasteiger charge is -2.15. The first-order valence-corrected chi connectivity index (χ1v) is 4.50. The maximum Gasteiger partial charge on any atom is 0.252 e. The lowest BCUT2D eigenvalue weighted by molar-refractivity contribution is -0.123. The molecule has 0 unspecified atom stereocenters. The number of allylic oxidation sites excluding steroid dienone is 1. The first-order chi connectivity index (χ1) is 7.36. The van der Waals surface area contributed by atoms with Gasteiger partial charge in [0.1, 0.15) is 6.67 Å². The van der Waals surface area contributed by atoms with Crippen LogP contribution in [-0.4, -0.2) is 33.7 Å². The summed E-state index contributed by atoms with van der Waals surface area (Å²) in [5.74, 6) is -0.105. The first kappa shape index (κ1) is 9.39. The molecule has 1 N–H and O–H groups in total. The summed E-state index contributed by atoms with van der Waals surface area (Å²) in [6.07, 6.45) is 11.5. The van der Waals surface area contributed by atoms with E-state index in [0.29, 0.717) is 6.67 Å². The van der Waals surface area contributed by atoms with Crippen molar-refractivity contribution in [1.29, 1.82) is 0 Å². The zero-order valence-corrected chi connectivity index (χ0v) is 8.00. The largest absolute Gasteiger partial charge is 0.351 e. The van der Waals surface area contributed by atoms with Gasteiger partial charge in [-0.05, 0) is 12.2 Å². The third-order valence-electron chi connectivity index (χ3n) is 1.89. The van der Waals surface area contributed by atoms with E-state index in [1.54, 1.807) is 37.1 Å². The van der Waals surface area contributed by atoms with Gasteiger partial charge in [-0.3, -0.25) is 14.7 Å². The van der Waals surface area contributed by atoms with E-state index >= 15 is 0 Å². The highest BCUT2D eigenvalue weighted by Crippen LogP contribution is 2.00. The molecule has 1 amide bonds. The first-order valence-electron chi connectivity index (χ1n) is 4.50. The number of hydrogen-bond donors (Lipinski definition) is 1. The molecule has 0 spiro atoms. The molecule has 5 heteroatoms. The summed E-state index contributed by atoms with van der Waals surface area (Å²) >= 11 is 0. The number of imidazole rings is 1. The Morgan fingerprint density at radius 2 is 2.53 bits per heavy atom. The Bertz CT molecular complexity index is 417. The van der Waals surface area contributed by atoms with Crippen LogP contribution in [0.15, 0.2) is 35.9 Å². The van der Waals surface area contributed by atoms with Gasteiger partial charge in [0.25, 0.3) is 5.91 Å². The van der Waals surface area contributed by atoms with Crippen LogP contribution in [0.4, 0.5) is 0 Å².